The van der Waals surface area contributed by atoms with Crippen molar-refractivity contribution in [1.82, 2.24) is 0 Å². The molecule has 2 rings (SSSR count). The van der Waals surface area contributed by atoms with Gasteiger partial charge in [-0.3, -0.25) is 0 Å². The maximum Gasteiger partial charge on any atom is 0.168 e. The quantitative estimate of drug-likeness (QED) is 0.277. The smallest absolute Gasteiger partial charge is 0.168 e. The summed E-state index contributed by atoms with van der Waals surface area (Å²) in [6, 6.07) is 11.7. The molecular weight excluding hydrogens is 314 g/mol. The summed E-state index contributed by atoms with van der Waals surface area (Å²) in [6.45, 7) is 7.99. The molecule has 0 unspecified atom stereocenters. The molecule has 144 valence electrons. The Hall–Kier alpha value is -1.37. The lowest BCUT2D eigenvalue weighted by Crippen LogP contribution is -2.37. The normalized spacial score (nSPS) is 20.0. The van der Waals surface area contributed by atoms with Crippen LogP contribution >= 0.6 is 0 Å². The van der Waals surface area contributed by atoms with Crippen LogP contribution in [0.1, 0.15) is 90.5 Å². The predicted octanol–water partition coefficient (Wildman–Crippen LogP) is 7.16. The van der Waals surface area contributed by atoms with Crippen molar-refractivity contribution in [2.24, 2.45) is 5.92 Å². The van der Waals surface area contributed by atoms with E-state index in [4.69, 9.17) is 0 Å². The first-order valence-electron chi connectivity index (χ1n) is 11.1. The van der Waals surface area contributed by atoms with Crippen LogP contribution in [0.25, 0.3) is 0 Å². The molecule has 26 heavy (non-hydrogen) atoms. The molecule has 0 amide bonds. The van der Waals surface area contributed by atoms with Crippen molar-refractivity contribution in [3.05, 3.63) is 47.5 Å². The lowest BCUT2D eigenvalue weighted by atomic mass is 9.85. The zero-order valence-corrected chi connectivity index (χ0v) is 17.4. The maximum atomic E-state index is 2.69. The summed E-state index contributed by atoms with van der Waals surface area (Å²) in [5, 5.41) is 0. The molecular formula is C25H40N+. The zero-order chi connectivity index (χ0) is 18.6. The molecule has 0 radical (unpaired) electrons. The highest BCUT2D eigenvalue weighted by Gasteiger charge is 2.32. The van der Waals surface area contributed by atoms with Gasteiger partial charge in [0.1, 0.15) is 0 Å². The van der Waals surface area contributed by atoms with Crippen molar-refractivity contribution in [2.75, 3.05) is 0 Å². The summed E-state index contributed by atoms with van der Waals surface area (Å²) in [4.78, 5) is 0. The fraction of sp³-hybridized carbons (Fsp3) is 0.640. The molecule has 1 aromatic rings. The standard InChI is InChI=1S/C25H40N/c1-4-7-11-18-25-24(17-9-6-3)19-23(14-8-5-2)21-26(25)20-22-15-12-10-13-16-22/h10,12-13,15-16,19,21,24-25H,4-9,11,14,17-18,20H2,1-3H3/q+1/t24-,25+/m0/s1. The molecule has 1 aliphatic rings. The van der Waals surface area contributed by atoms with Gasteiger partial charge in [0.15, 0.2) is 18.8 Å². The summed E-state index contributed by atoms with van der Waals surface area (Å²) < 4.78 is 2.69. The first-order valence-corrected chi connectivity index (χ1v) is 11.1. The van der Waals surface area contributed by atoms with E-state index in [0.29, 0.717) is 6.04 Å². The van der Waals surface area contributed by atoms with E-state index < -0.39 is 0 Å². The molecule has 0 saturated carbocycles. The fourth-order valence-corrected chi connectivity index (χ4v) is 4.17. The van der Waals surface area contributed by atoms with Gasteiger partial charge >= 0.3 is 0 Å². The lowest BCUT2D eigenvalue weighted by molar-refractivity contribution is -0.586. The molecule has 0 saturated heterocycles. The minimum atomic E-state index is 0.679. The van der Waals surface area contributed by atoms with Crippen LogP contribution in [0.2, 0.25) is 0 Å². The average molecular weight is 355 g/mol. The van der Waals surface area contributed by atoms with E-state index in [9.17, 15) is 0 Å². The lowest BCUT2D eigenvalue weighted by Gasteiger charge is -2.27. The Morgan fingerprint density at radius 3 is 2.23 bits per heavy atom. The Labute approximate surface area is 162 Å². The van der Waals surface area contributed by atoms with Gasteiger partial charge in [-0.25, -0.2) is 4.58 Å². The van der Waals surface area contributed by atoms with Crippen molar-refractivity contribution in [3.8, 4) is 0 Å². The molecule has 0 spiro atoms. The van der Waals surface area contributed by atoms with Gasteiger partial charge in [0.2, 0.25) is 0 Å². The molecule has 0 bridgehead atoms. The summed E-state index contributed by atoms with van der Waals surface area (Å²) in [5.41, 5.74) is 3.02. The van der Waals surface area contributed by atoms with Crippen LogP contribution in [-0.4, -0.2) is 16.8 Å². The molecule has 0 aromatic heterocycles. The van der Waals surface area contributed by atoms with Crippen LogP contribution in [0.15, 0.2) is 42.0 Å². The van der Waals surface area contributed by atoms with Crippen LogP contribution in [0.4, 0.5) is 0 Å². The van der Waals surface area contributed by atoms with Gasteiger partial charge in [-0.1, -0.05) is 89.3 Å². The van der Waals surface area contributed by atoms with Gasteiger partial charge in [-0.05, 0) is 25.7 Å². The Morgan fingerprint density at radius 2 is 1.54 bits per heavy atom. The topological polar surface area (TPSA) is 3.01 Å². The Bertz CT molecular complexity index is 555. The second kappa shape index (κ2) is 12.1. The number of rotatable bonds is 12. The third-order valence-electron chi connectivity index (χ3n) is 5.70. The summed E-state index contributed by atoms with van der Waals surface area (Å²) in [5.74, 6) is 0.729. The number of unbranched alkanes of at least 4 members (excludes halogenated alkanes) is 4. The SMILES string of the molecule is CCCCC[C@@H]1[C@@H](CCCC)C=C(CCCC)C=[N+]1Cc1ccccc1. The van der Waals surface area contributed by atoms with E-state index in [-0.39, 0.29) is 0 Å². The monoisotopic (exact) mass is 354 g/mol. The van der Waals surface area contributed by atoms with Crippen molar-refractivity contribution < 1.29 is 4.58 Å². The van der Waals surface area contributed by atoms with Crippen molar-refractivity contribution in [3.63, 3.8) is 0 Å². The minimum Gasteiger partial charge on any atom is -0.228 e. The highest BCUT2D eigenvalue weighted by atomic mass is 15.0. The largest absolute Gasteiger partial charge is 0.228 e. The van der Waals surface area contributed by atoms with Crippen LogP contribution in [0.5, 0.6) is 0 Å². The van der Waals surface area contributed by atoms with Crippen molar-refractivity contribution in [1.29, 1.82) is 0 Å². The van der Waals surface area contributed by atoms with Gasteiger partial charge < -0.3 is 0 Å². The fourth-order valence-electron chi connectivity index (χ4n) is 4.17. The van der Waals surface area contributed by atoms with E-state index >= 15 is 0 Å². The molecule has 1 aromatic carbocycles. The molecule has 1 aliphatic heterocycles. The first kappa shape index (κ1) is 20.9. The number of hydrogen-bond acceptors (Lipinski definition) is 0. The number of benzene rings is 1. The van der Waals surface area contributed by atoms with Crippen LogP contribution < -0.4 is 0 Å². The van der Waals surface area contributed by atoms with Crippen LogP contribution in [0, 0.1) is 5.92 Å². The van der Waals surface area contributed by atoms with Crippen LogP contribution in [-0.2, 0) is 6.54 Å². The van der Waals surface area contributed by atoms with Gasteiger partial charge in [-0.2, -0.15) is 0 Å². The van der Waals surface area contributed by atoms with E-state index in [2.05, 4.69) is 68.0 Å². The second-order valence-electron chi connectivity index (χ2n) is 8.00. The summed E-state index contributed by atoms with van der Waals surface area (Å²) in [7, 11) is 0. The van der Waals surface area contributed by atoms with Crippen molar-refractivity contribution >= 4 is 6.21 Å². The molecule has 2 atom stereocenters. The number of allylic oxidation sites excluding steroid dienone is 1. The Morgan fingerprint density at radius 1 is 0.808 bits per heavy atom. The highest BCUT2D eigenvalue weighted by molar-refractivity contribution is 5.75. The summed E-state index contributed by atoms with van der Waals surface area (Å²) in [6.07, 6.45) is 18.4. The molecule has 1 heteroatoms. The van der Waals surface area contributed by atoms with E-state index in [1.54, 1.807) is 5.57 Å². The molecule has 0 N–H and O–H groups in total. The van der Waals surface area contributed by atoms with Gasteiger partial charge in [0, 0.05) is 23.5 Å². The van der Waals surface area contributed by atoms with Crippen molar-refractivity contribution in [2.45, 2.75) is 97.6 Å². The average Bonchev–Trinajstić information content (AvgIpc) is 2.67. The van der Waals surface area contributed by atoms with E-state index in [1.165, 1.54) is 69.8 Å². The van der Waals surface area contributed by atoms with Crippen LogP contribution in [0.3, 0.4) is 0 Å². The number of hydrogen-bond donors (Lipinski definition) is 0. The maximum absolute atomic E-state index is 2.69. The number of nitrogens with zero attached hydrogens (tertiary/aromatic N) is 1. The third kappa shape index (κ3) is 6.74. The highest BCUT2D eigenvalue weighted by Crippen LogP contribution is 2.28. The van der Waals surface area contributed by atoms with E-state index in [1.807, 2.05) is 0 Å². The Balaban J connectivity index is 2.21. The minimum absolute atomic E-state index is 0.679. The first-order chi connectivity index (χ1) is 12.8. The summed E-state index contributed by atoms with van der Waals surface area (Å²) >= 11 is 0. The molecule has 1 heterocycles. The van der Waals surface area contributed by atoms with E-state index in [0.717, 1.165) is 12.5 Å². The second-order valence-corrected chi connectivity index (χ2v) is 8.00. The van der Waals surface area contributed by atoms with Gasteiger partial charge in [-0.15, -0.1) is 0 Å². The third-order valence-corrected chi connectivity index (χ3v) is 5.70. The molecule has 1 nitrogen and oxygen atoms in total. The molecule has 0 aliphatic carbocycles. The van der Waals surface area contributed by atoms with Gasteiger partial charge in [0.05, 0.1) is 0 Å². The van der Waals surface area contributed by atoms with Gasteiger partial charge in [0.25, 0.3) is 0 Å². The molecule has 0 fully saturated rings. The Kier molecular flexibility index (Phi) is 9.74. The predicted molar refractivity (Wildman–Crippen MR) is 115 cm³/mol. The zero-order valence-electron chi connectivity index (χ0n) is 17.4.